The molecule has 7 nitrogen and oxygen atoms in total. The maximum atomic E-state index is 12.9. The van der Waals surface area contributed by atoms with Crippen LogP contribution < -0.4 is 5.32 Å². The van der Waals surface area contributed by atoms with Crippen molar-refractivity contribution in [3.8, 4) is 0 Å². The van der Waals surface area contributed by atoms with Gasteiger partial charge in [-0.3, -0.25) is 4.79 Å². The van der Waals surface area contributed by atoms with Gasteiger partial charge in [-0.25, -0.2) is 4.98 Å². The molecular weight excluding hydrogens is 398 g/mol. The molecule has 3 aromatic rings. The van der Waals surface area contributed by atoms with Gasteiger partial charge >= 0.3 is 0 Å². The fourth-order valence-electron chi connectivity index (χ4n) is 3.62. The number of aryl methyl sites for hydroxylation is 1. The summed E-state index contributed by atoms with van der Waals surface area (Å²) in [5.41, 5.74) is 1.25. The van der Waals surface area contributed by atoms with Crippen LogP contribution >= 0.6 is 11.8 Å². The van der Waals surface area contributed by atoms with E-state index in [0.29, 0.717) is 35.8 Å². The highest BCUT2D eigenvalue weighted by atomic mass is 32.2. The lowest BCUT2D eigenvalue weighted by molar-refractivity contribution is -0.121. The van der Waals surface area contributed by atoms with Crippen molar-refractivity contribution in [2.75, 3.05) is 6.54 Å². The Labute approximate surface area is 170 Å². The minimum Gasteiger partial charge on any atom is -0.354 e. The van der Waals surface area contributed by atoms with Crippen molar-refractivity contribution in [1.82, 2.24) is 29.6 Å². The average molecular weight is 420 g/mol. The number of hydrogen-bond donors (Lipinski definition) is 1. The molecular formula is C19H22F2N6OS. The summed E-state index contributed by atoms with van der Waals surface area (Å²) < 4.78 is 29.5. The minimum atomic E-state index is -2.60. The van der Waals surface area contributed by atoms with E-state index in [1.54, 1.807) is 24.3 Å². The SMILES string of the molecule is O=C(Cn1c(SC(F)F)nc2ccccc21)NCCc1nnc2n1CCCCC2. The van der Waals surface area contributed by atoms with Gasteiger partial charge in [0.15, 0.2) is 5.16 Å². The van der Waals surface area contributed by atoms with E-state index in [-0.39, 0.29) is 17.6 Å². The molecule has 1 N–H and O–H groups in total. The second kappa shape index (κ2) is 8.89. The van der Waals surface area contributed by atoms with Crippen LogP contribution in [0.3, 0.4) is 0 Å². The highest BCUT2D eigenvalue weighted by Gasteiger charge is 2.18. The Bertz CT molecular complexity index is 1000. The Balaban J connectivity index is 1.40. The number of rotatable bonds is 7. The first kappa shape index (κ1) is 19.8. The van der Waals surface area contributed by atoms with E-state index < -0.39 is 5.76 Å². The molecule has 1 aliphatic rings. The number of carbonyl (C=O) groups excluding carboxylic acids is 1. The molecule has 0 atom stereocenters. The maximum absolute atomic E-state index is 12.9. The fraction of sp³-hybridized carbons (Fsp3) is 0.474. The van der Waals surface area contributed by atoms with E-state index in [2.05, 4.69) is 25.1 Å². The average Bonchev–Trinajstić information content (AvgIpc) is 3.13. The molecule has 0 bridgehead atoms. The number of benzene rings is 1. The zero-order valence-electron chi connectivity index (χ0n) is 15.9. The van der Waals surface area contributed by atoms with Gasteiger partial charge in [-0.2, -0.15) is 8.78 Å². The lowest BCUT2D eigenvalue weighted by Crippen LogP contribution is -2.30. The summed E-state index contributed by atoms with van der Waals surface area (Å²) in [5.74, 6) is -0.955. The molecule has 0 saturated carbocycles. The highest BCUT2D eigenvalue weighted by Crippen LogP contribution is 2.28. The van der Waals surface area contributed by atoms with Gasteiger partial charge in [-0.05, 0) is 36.7 Å². The molecule has 1 aliphatic heterocycles. The van der Waals surface area contributed by atoms with Crippen molar-refractivity contribution in [3.63, 3.8) is 0 Å². The summed E-state index contributed by atoms with van der Waals surface area (Å²) in [4.78, 5) is 16.7. The van der Waals surface area contributed by atoms with Crippen LogP contribution in [-0.4, -0.2) is 42.5 Å². The van der Waals surface area contributed by atoms with Crippen molar-refractivity contribution >= 4 is 28.7 Å². The first-order valence-corrected chi connectivity index (χ1v) is 10.6. The Hall–Kier alpha value is -2.49. The number of alkyl halides is 2. The molecule has 1 amide bonds. The predicted molar refractivity (Wildman–Crippen MR) is 106 cm³/mol. The predicted octanol–water partition coefficient (Wildman–Crippen LogP) is 3.03. The topological polar surface area (TPSA) is 77.6 Å². The molecule has 1 aromatic carbocycles. The maximum Gasteiger partial charge on any atom is 0.291 e. The fourth-order valence-corrected chi connectivity index (χ4v) is 4.22. The van der Waals surface area contributed by atoms with Crippen molar-refractivity contribution in [2.45, 2.75) is 56.1 Å². The van der Waals surface area contributed by atoms with Crippen molar-refractivity contribution in [2.24, 2.45) is 0 Å². The number of hydrogen-bond acceptors (Lipinski definition) is 5. The Morgan fingerprint density at radius 1 is 1.21 bits per heavy atom. The number of aromatic nitrogens is 5. The Morgan fingerprint density at radius 2 is 2.07 bits per heavy atom. The van der Waals surface area contributed by atoms with Gasteiger partial charge in [0, 0.05) is 25.9 Å². The lowest BCUT2D eigenvalue weighted by atomic mass is 10.2. The Morgan fingerprint density at radius 3 is 2.93 bits per heavy atom. The molecule has 0 unspecified atom stereocenters. The molecule has 10 heteroatoms. The molecule has 3 heterocycles. The quantitative estimate of drug-likeness (QED) is 0.595. The monoisotopic (exact) mass is 420 g/mol. The number of nitrogens with one attached hydrogen (secondary N) is 1. The number of halogens is 2. The summed E-state index contributed by atoms with van der Waals surface area (Å²) in [5, 5.41) is 11.5. The zero-order valence-corrected chi connectivity index (χ0v) is 16.7. The van der Waals surface area contributed by atoms with Crippen LogP contribution in [0.1, 0.15) is 30.9 Å². The normalized spacial score (nSPS) is 14.2. The van der Waals surface area contributed by atoms with Crippen LogP contribution in [0.15, 0.2) is 29.4 Å². The number of carbonyl (C=O) groups is 1. The van der Waals surface area contributed by atoms with Crippen LogP contribution in [0.5, 0.6) is 0 Å². The minimum absolute atomic E-state index is 0.0620. The van der Waals surface area contributed by atoms with Gasteiger partial charge in [0.25, 0.3) is 5.76 Å². The molecule has 0 saturated heterocycles. The molecule has 2 aromatic heterocycles. The first-order chi connectivity index (χ1) is 14.1. The second-order valence-electron chi connectivity index (χ2n) is 6.94. The summed E-state index contributed by atoms with van der Waals surface area (Å²) in [7, 11) is 0. The molecule has 29 heavy (non-hydrogen) atoms. The third-order valence-electron chi connectivity index (χ3n) is 4.97. The number of nitrogens with zero attached hydrogens (tertiary/aromatic N) is 5. The van der Waals surface area contributed by atoms with Gasteiger partial charge < -0.3 is 14.5 Å². The van der Waals surface area contributed by atoms with E-state index in [1.165, 1.54) is 11.0 Å². The molecule has 0 radical (unpaired) electrons. The number of fused-ring (bicyclic) bond motifs is 2. The molecule has 0 aliphatic carbocycles. The Kier molecular flexibility index (Phi) is 6.08. The number of para-hydroxylation sites is 2. The van der Waals surface area contributed by atoms with E-state index in [4.69, 9.17) is 0 Å². The highest BCUT2D eigenvalue weighted by molar-refractivity contribution is 7.99. The van der Waals surface area contributed by atoms with E-state index in [0.717, 1.165) is 37.5 Å². The van der Waals surface area contributed by atoms with Crippen LogP contribution in [0.25, 0.3) is 11.0 Å². The van der Waals surface area contributed by atoms with Gasteiger partial charge in [-0.15, -0.1) is 10.2 Å². The van der Waals surface area contributed by atoms with Crippen molar-refractivity contribution < 1.29 is 13.6 Å². The second-order valence-corrected chi connectivity index (χ2v) is 7.90. The number of thioether (sulfide) groups is 1. The zero-order chi connectivity index (χ0) is 20.2. The van der Waals surface area contributed by atoms with Gasteiger partial charge in [-0.1, -0.05) is 18.6 Å². The van der Waals surface area contributed by atoms with Gasteiger partial charge in [0.2, 0.25) is 5.91 Å². The molecule has 154 valence electrons. The summed E-state index contributed by atoms with van der Waals surface area (Å²) in [6.45, 7) is 1.27. The van der Waals surface area contributed by atoms with Crippen molar-refractivity contribution in [1.29, 1.82) is 0 Å². The lowest BCUT2D eigenvalue weighted by Gasteiger charge is -2.10. The number of amides is 1. The summed E-state index contributed by atoms with van der Waals surface area (Å²) in [6.07, 6.45) is 4.96. The largest absolute Gasteiger partial charge is 0.354 e. The van der Waals surface area contributed by atoms with Gasteiger partial charge in [0.05, 0.1) is 11.0 Å². The molecule has 4 rings (SSSR count). The third kappa shape index (κ3) is 4.58. The first-order valence-electron chi connectivity index (χ1n) is 9.69. The smallest absolute Gasteiger partial charge is 0.291 e. The third-order valence-corrected chi connectivity index (χ3v) is 5.67. The molecule has 0 fully saturated rings. The number of imidazole rings is 1. The van der Waals surface area contributed by atoms with Gasteiger partial charge in [0.1, 0.15) is 18.2 Å². The van der Waals surface area contributed by atoms with E-state index in [9.17, 15) is 13.6 Å². The van der Waals surface area contributed by atoms with Crippen LogP contribution in [0.4, 0.5) is 8.78 Å². The summed E-state index contributed by atoms with van der Waals surface area (Å²) in [6, 6.07) is 7.11. The van der Waals surface area contributed by atoms with Crippen LogP contribution in [0.2, 0.25) is 0 Å². The van der Waals surface area contributed by atoms with E-state index >= 15 is 0 Å². The standard InChI is InChI=1S/C19H22F2N6OS/c20-18(21)29-19-23-13-6-3-4-7-14(13)27(19)12-17(28)22-10-9-16-25-24-15-8-2-1-5-11-26(15)16/h3-4,6-7,18H,1-2,5,8-12H2,(H,22,28). The van der Waals surface area contributed by atoms with Crippen LogP contribution in [0, 0.1) is 0 Å². The van der Waals surface area contributed by atoms with Crippen LogP contribution in [-0.2, 0) is 30.7 Å². The van der Waals surface area contributed by atoms with Crippen molar-refractivity contribution in [3.05, 3.63) is 35.9 Å². The van der Waals surface area contributed by atoms with E-state index in [1.807, 2.05) is 0 Å². The summed E-state index contributed by atoms with van der Waals surface area (Å²) >= 11 is 0.349. The molecule has 0 spiro atoms.